The van der Waals surface area contributed by atoms with Crippen molar-refractivity contribution in [2.24, 2.45) is 0 Å². The van der Waals surface area contributed by atoms with Gasteiger partial charge in [0.2, 0.25) is 5.88 Å². The van der Waals surface area contributed by atoms with Gasteiger partial charge >= 0.3 is 0 Å². The molecule has 19 heavy (non-hydrogen) atoms. The molecule has 0 aliphatic carbocycles. The highest BCUT2D eigenvalue weighted by molar-refractivity contribution is 5.47. The molecule has 4 heteroatoms. The predicted octanol–water partition coefficient (Wildman–Crippen LogP) is 3.71. The van der Waals surface area contributed by atoms with Gasteiger partial charge in [0.25, 0.3) is 0 Å². The molecule has 3 nitrogen and oxygen atoms in total. The highest BCUT2D eigenvalue weighted by Gasteiger charge is 2.08. The van der Waals surface area contributed by atoms with Crippen LogP contribution in [-0.2, 0) is 0 Å². The molecule has 0 radical (unpaired) electrons. The summed E-state index contributed by atoms with van der Waals surface area (Å²) in [7, 11) is 1.57. The van der Waals surface area contributed by atoms with E-state index < -0.39 is 0 Å². The number of halogens is 1. The Kier molecular flexibility index (Phi) is 4.00. The summed E-state index contributed by atoms with van der Waals surface area (Å²) < 4.78 is 18.6. The minimum atomic E-state index is -0.182. The number of hydrogen-bond donors (Lipinski definition) is 1. The number of pyridine rings is 1. The highest BCUT2D eigenvalue weighted by Crippen LogP contribution is 2.22. The van der Waals surface area contributed by atoms with Crippen molar-refractivity contribution in [2.75, 3.05) is 12.4 Å². The van der Waals surface area contributed by atoms with Crippen LogP contribution in [0, 0.1) is 12.7 Å². The summed E-state index contributed by atoms with van der Waals surface area (Å²) in [6, 6.07) is 8.93. The molecule has 2 rings (SSSR count). The van der Waals surface area contributed by atoms with Crippen LogP contribution in [0.3, 0.4) is 0 Å². The molecule has 2 aromatic rings. The summed E-state index contributed by atoms with van der Waals surface area (Å²) in [6.07, 6.45) is 1.67. The third kappa shape index (κ3) is 3.22. The van der Waals surface area contributed by atoms with Gasteiger partial charge in [-0.05, 0) is 37.1 Å². The number of nitrogens with one attached hydrogen (secondary N) is 1. The Morgan fingerprint density at radius 3 is 2.74 bits per heavy atom. The molecule has 0 spiro atoms. The Morgan fingerprint density at radius 2 is 2.05 bits per heavy atom. The number of hydrogen-bond acceptors (Lipinski definition) is 3. The minimum absolute atomic E-state index is 0.00204. The summed E-state index contributed by atoms with van der Waals surface area (Å²) in [5.74, 6) is 0.366. The number of rotatable bonds is 4. The first kappa shape index (κ1) is 13.3. The average Bonchev–Trinajstić information content (AvgIpc) is 2.42. The summed E-state index contributed by atoms with van der Waals surface area (Å²) in [5.41, 5.74) is 2.45. The molecule has 1 unspecified atom stereocenters. The van der Waals surface area contributed by atoms with E-state index in [4.69, 9.17) is 4.74 Å². The molecule has 0 aliphatic heterocycles. The summed E-state index contributed by atoms with van der Waals surface area (Å²) >= 11 is 0. The SMILES string of the molecule is COc1cc(NC(C)c2ccc(C)c(F)c2)ccn1. The first-order valence-corrected chi connectivity index (χ1v) is 6.13. The maximum absolute atomic E-state index is 13.5. The Bertz CT molecular complexity index is 572. The molecular weight excluding hydrogens is 243 g/mol. The maximum Gasteiger partial charge on any atom is 0.214 e. The van der Waals surface area contributed by atoms with Crippen LogP contribution < -0.4 is 10.1 Å². The molecule has 0 fully saturated rings. The summed E-state index contributed by atoms with van der Waals surface area (Å²) in [4.78, 5) is 4.04. The zero-order chi connectivity index (χ0) is 13.8. The molecule has 0 amide bonds. The van der Waals surface area contributed by atoms with Crippen LogP contribution in [0.4, 0.5) is 10.1 Å². The number of aryl methyl sites for hydroxylation is 1. The van der Waals surface area contributed by atoms with Crippen molar-refractivity contribution in [3.05, 3.63) is 53.5 Å². The van der Waals surface area contributed by atoms with E-state index in [1.807, 2.05) is 19.1 Å². The monoisotopic (exact) mass is 260 g/mol. The number of ether oxygens (including phenoxy) is 1. The number of methoxy groups -OCH3 is 1. The Morgan fingerprint density at radius 1 is 1.26 bits per heavy atom. The molecule has 0 bridgehead atoms. The van der Waals surface area contributed by atoms with Crippen molar-refractivity contribution >= 4 is 5.69 Å². The van der Waals surface area contributed by atoms with Gasteiger partial charge in [0, 0.05) is 24.0 Å². The van der Waals surface area contributed by atoms with Crippen molar-refractivity contribution < 1.29 is 9.13 Å². The van der Waals surface area contributed by atoms with Crippen molar-refractivity contribution in [1.82, 2.24) is 4.98 Å². The van der Waals surface area contributed by atoms with Gasteiger partial charge in [-0.1, -0.05) is 12.1 Å². The van der Waals surface area contributed by atoms with Crippen LogP contribution in [-0.4, -0.2) is 12.1 Å². The lowest BCUT2D eigenvalue weighted by Gasteiger charge is -2.16. The molecule has 1 aromatic heterocycles. The van der Waals surface area contributed by atoms with Crippen LogP contribution >= 0.6 is 0 Å². The van der Waals surface area contributed by atoms with Crippen molar-refractivity contribution in [3.8, 4) is 5.88 Å². The second-order valence-corrected chi connectivity index (χ2v) is 4.46. The fraction of sp³-hybridized carbons (Fsp3) is 0.267. The van der Waals surface area contributed by atoms with Gasteiger partial charge < -0.3 is 10.1 Å². The topological polar surface area (TPSA) is 34.1 Å². The molecule has 1 atom stereocenters. The Balaban J connectivity index is 2.15. The van der Waals surface area contributed by atoms with E-state index in [0.717, 1.165) is 11.3 Å². The second-order valence-electron chi connectivity index (χ2n) is 4.46. The molecule has 0 saturated carbocycles. The molecule has 1 N–H and O–H groups in total. The summed E-state index contributed by atoms with van der Waals surface area (Å²) in [5, 5.41) is 3.29. The lowest BCUT2D eigenvalue weighted by atomic mass is 10.1. The van der Waals surface area contributed by atoms with E-state index in [-0.39, 0.29) is 11.9 Å². The van der Waals surface area contributed by atoms with E-state index in [1.165, 1.54) is 0 Å². The zero-order valence-corrected chi connectivity index (χ0v) is 11.3. The van der Waals surface area contributed by atoms with E-state index >= 15 is 0 Å². The fourth-order valence-corrected chi connectivity index (χ4v) is 1.82. The van der Waals surface area contributed by atoms with Gasteiger partial charge in [0.15, 0.2) is 0 Å². The third-order valence-electron chi connectivity index (χ3n) is 3.02. The highest BCUT2D eigenvalue weighted by atomic mass is 19.1. The van der Waals surface area contributed by atoms with Crippen molar-refractivity contribution in [2.45, 2.75) is 19.9 Å². The normalized spacial score (nSPS) is 12.0. The molecule has 0 saturated heterocycles. The summed E-state index contributed by atoms with van der Waals surface area (Å²) in [6.45, 7) is 3.74. The lowest BCUT2D eigenvalue weighted by Crippen LogP contribution is -2.07. The fourth-order valence-electron chi connectivity index (χ4n) is 1.82. The van der Waals surface area contributed by atoms with Crippen molar-refractivity contribution in [1.29, 1.82) is 0 Å². The maximum atomic E-state index is 13.5. The van der Waals surface area contributed by atoms with Crippen LogP contribution in [0.2, 0.25) is 0 Å². The number of benzene rings is 1. The van der Waals surface area contributed by atoms with Gasteiger partial charge in [-0.3, -0.25) is 0 Å². The standard InChI is InChI=1S/C15H17FN2O/c1-10-4-5-12(8-14(10)16)11(2)18-13-6-7-17-15(9-13)19-3/h4-9,11H,1-3H3,(H,17,18). The quantitative estimate of drug-likeness (QED) is 0.910. The van der Waals surface area contributed by atoms with E-state index in [2.05, 4.69) is 10.3 Å². The van der Waals surface area contributed by atoms with Crippen LogP contribution in [0.1, 0.15) is 24.1 Å². The third-order valence-corrected chi connectivity index (χ3v) is 3.02. The van der Waals surface area contributed by atoms with E-state index in [9.17, 15) is 4.39 Å². The van der Waals surface area contributed by atoms with Gasteiger partial charge in [-0.15, -0.1) is 0 Å². The van der Waals surface area contributed by atoms with Crippen LogP contribution in [0.5, 0.6) is 5.88 Å². The lowest BCUT2D eigenvalue weighted by molar-refractivity contribution is 0.398. The molecule has 0 aliphatic rings. The molecular formula is C15H17FN2O. The Hall–Kier alpha value is -2.10. The van der Waals surface area contributed by atoms with E-state index in [0.29, 0.717) is 11.4 Å². The second kappa shape index (κ2) is 5.69. The van der Waals surface area contributed by atoms with Gasteiger partial charge in [0.1, 0.15) is 5.82 Å². The van der Waals surface area contributed by atoms with Crippen LogP contribution in [0.25, 0.3) is 0 Å². The van der Waals surface area contributed by atoms with Gasteiger partial charge in [0.05, 0.1) is 7.11 Å². The smallest absolute Gasteiger partial charge is 0.214 e. The molecule has 1 aromatic carbocycles. The first-order chi connectivity index (χ1) is 9.10. The van der Waals surface area contributed by atoms with E-state index in [1.54, 1.807) is 38.4 Å². The Labute approximate surface area is 112 Å². The average molecular weight is 260 g/mol. The number of aromatic nitrogens is 1. The van der Waals surface area contributed by atoms with Crippen LogP contribution in [0.15, 0.2) is 36.5 Å². The molecule has 100 valence electrons. The molecule has 1 heterocycles. The minimum Gasteiger partial charge on any atom is -0.481 e. The number of nitrogens with zero attached hydrogens (tertiary/aromatic N) is 1. The largest absolute Gasteiger partial charge is 0.481 e. The predicted molar refractivity (Wildman–Crippen MR) is 74.0 cm³/mol. The van der Waals surface area contributed by atoms with Crippen molar-refractivity contribution in [3.63, 3.8) is 0 Å². The number of anilines is 1. The first-order valence-electron chi connectivity index (χ1n) is 6.13. The zero-order valence-electron chi connectivity index (χ0n) is 11.3. The van der Waals surface area contributed by atoms with Gasteiger partial charge in [-0.2, -0.15) is 0 Å². The van der Waals surface area contributed by atoms with Gasteiger partial charge in [-0.25, -0.2) is 9.37 Å².